The molecule has 1 unspecified atom stereocenters. The fourth-order valence-electron chi connectivity index (χ4n) is 2.56. The zero-order chi connectivity index (χ0) is 12.0. The monoisotopic (exact) mass is 227 g/mol. The molecule has 1 rings (SSSR count). The summed E-state index contributed by atoms with van der Waals surface area (Å²) in [6.45, 7) is 8.22. The Morgan fingerprint density at radius 1 is 1.25 bits per heavy atom. The number of aliphatic hydroxyl groups excluding tert-OH is 1. The average Bonchev–Trinajstić information content (AvgIpc) is 2.29. The summed E-state index contributed by atoms with van der Waals surface area (Å²) >= 11 is 0. The molecule has 2 nitrogen and oxygen atoms in total. The third-order valence-electron chi connectivity index (χ3n) is 4.40. The maximum atomic E-state index is 9.06. The third kappa shape index (κ3) is 4.42. The van der Waals surface area contributed by atoms with Crippen LogP contribution in [0.3, 0.4) is 0 Å². The molecule has 1 fully saturated rings. The first-order valence-corrected chi connectivity index (χ1v) is 6.95. The zero-order valence-corrected chi connectivity index (χ0v) is 11.3. The van der Waals surface area contributed by atoms with Crippen LogP contribution in [0, 0.1) is 11.8 Å². The molecule has 0 radical (unpaired) electrons. The highest BCUT2D eigenvalue weighted by Gasteiger charge is 2.24. The molecule has 2 heteroatoms. The zero-order valence-electron chi connectivity index (χ0n) is 11.3. The summed E-state index contributed by atoms with van der Waals surface area (Å²) in [6, 6.07) is 0. The lowest BCUT2D eigenvalue weighted by atomic mass is 9.82. The van der Waals surface area contributed by atoms with Crippen molar-refractivity contribution < 1.29 is 5.11 Å². The minimum absolute atomic E-state index is 0.137. The molecule has 0 aliphatic heterocycles. The van der Waals surface area contributed by atoms with E-state index in [2.05, 4.69) is 26.1 Å². The first-order valence-electron chi connectivity index (χ1n) is 6.95. The van der Waals surface area contributed by atoms with E-state index < -0.39 is 0 Å². The van der Waals surface area contributed by atoms with Crippen LogP contribution in [0.25, 0.3) is 0 Å². The van der Waals surface area contributed by atoms with Gasteiger partial charge in [0, 0.05) is 12.1 Å². The van der Waals surface area contributed by atoms with Crippen LogP contribution >= 0.6 is 0 Å². The maximum Gasteiger partial charge on any atom is 0.0448 e. The van der Waals surface area contributed by atoms with E-state index in [1.165, 1.54) is 25.7 Å². The molecule has 0 aromatic rings. The average molecular weight is 227 g/mol. The summed E-state index contributed by atoms with van der Waals surface area (Å²) in [4.78, 5) is 0. The van der Waals surface area contributed by atoms with Crippen molar-refractivity contribution in [3.8, 4) is 0 Å². The van der Waals surface area contributed by atoms with Crippen LogP contribution < -0.4 is 5.32 Å². The van der Waals surface area contributed by atoms with Gasteiger partial charge in [-0.25, -0.2) is 0 Å². The molecular weight excluding hydrogens is 198 g/mol. The Hall–Kier alpha value is -0.0800. The number of hydrogen-bond acceptors (Lipinski definition) is 2. The van der Waals surface area contributed by atoms with Crippen molar-refractivity contribution in [3.63, 3.8) is 0 Å². The molecule has 0 aromatic heterocycles. The Balaban J connectivity index is 2.27. The Morgan fingerprint density at radius 2 is 1.88 bits per heavy atom. The lowest BCUT2D eigenvalue weighted by molar-refractivity contribution is 0.196. The van der Waals surface area contributed by atoms with Gasteiger partial charge >= 0.3 is 0 Å². The highest BCUT2D eigenvalue weighted by molar-refractivity contribution is 4.83. The largest absolute Gasteiger partial charge is 0.396 e. The van der Waals surface area contributed by atoms with Gasteiger partial charge in [0.2, 0.25) is 0 Å². The Labute approximate surface area is 101 Å². The summed E-state index contributed by atoms with van der Waals surface area (Å²) in [5.41, 5.74) is 0.137. The Morgan fingerprint density at radius 3 is 2.38 bits per heavy atom. The first-order chi connectivity index (χ1) is 7.59. The second kappa shape index (κ2) is 6.61. The van der Waals surface area contributed by atoms with Gasteiger partial charge in [0.1, 0.15) is 0 Å². The first kappa shape index (κ1) is 14.0. The standard InChI is InChI=1S/C14H29NO/c1-4-14(3,9-10-16)15-11-13-7-5-12(2)6-8-13/h12-13,15-16H,4-11H2,1-3H3. The van der Waals surface area contributed by atoms with Gasteiger partial charge < -0.3 is 10.4 Å². The van der Waals surface area contributed by atoms with Crippen LogP contribution in [0.2, 0.25) is 0 Å². The molecule has 0 spiro atoms. The van der Waals surface area contributed by atoms with Crippen molar-refractivity contribution in [2.24, 2.45) is 11.8 Å². The van der Waals surface area contributed by atoms with Gasteiger partial charge in [-0.2, -0.15) is 0 Å². The van der Waals surface area contributed by atoms with E-state index in [-0.39, 0.29) is 5.54 Å². The fraction of sp³-hybridized carbons (Fsp3) is 1.00. The van der Waals surface area contributed by atoms with E-state index in [1.807, 2.05) is 0 Å². The van der Waals surface area contributed by atoms with Gasteiger partial charge in [-0.15, -0.1) is 0 Å². The van der Waals surface area contributed by atoms with E-state index in [4.69, 9.17) is 5.11 Å². The van der Waals surface area contributed by atoms with Gasteiger partial charge in [-0.3, -0.25) is 0 Å². The molecule has 0 bridgehead atoms. The number of rotatable bonds is 6. The van der Waals surface area contributed by atoms with Crippen molar-refractivity contribution in [1.82, 2.24) is 5.32 Å². The van der Waals surface area contributed by atoms with E-state index >= 15 is 0 Å². The smallest absolute Gasteiger partial charge is 0.0448 e. The van der Waals surface area contributed by atoms with Gasteiger partial charge in [0.15, 0.2) is 0 Å². The summed E-state index contributed by atoms with van der Waals surface area (Å²) < 4.78 is 0. The molecule has 0 aromatic carbocycles. The fourth-order valence-corrected chi connectivity index (χ4v) is 2.56. The third-order valence-corrected chi connectivity index (χ3v) is 4.40. The van der Waals surface area contributed by atoms with E-state index in [9.17, 15) is 0 Å². The SMILES string of the molecule is CCC(C)(CCO)NCC1CCC(C)CC1. The number of hydrogen-bond donors (Lipinski definition) is 2. The second-order valence-corrected chi connectivity index (χ2v) is 5.89. The molecule has 16 heavy (non-hydrogen) atoms. The highest BCUT2D eigenvalue weighted by Crippen LogP contribution is 2.28. The van der Waals surface area contributed by atoms with E-state index in [1.54, 1.807) is 0 Å². The lowest BCUT2D eigenvalue weighted by Crippen LogP contribution is -2.45. The molecule has 0 saturated heterocycles. The van der Waals surface area contributed by atoms with Gasteiger partial charge in [-0.05, 0) is 51.0 Å². The Kier molecular flexibility index (Phi) is 5.77. The van der Waals surface area contributed by atoms with Crippen LogP contribution in [0.5, 0.6) is 0 Å². The number of aliphatic hydroxyl groups is 1. The van der Waals surface area contributed by atoms with Gasteiger partial charge in [0.25, 0.3) is 0 Å². The predicted octanol–water partition coefficient (Wildman–Crippen LogP) is 2.95. The molecule has 2 N–H and O–H groups in total. The quantitative estimate of drug-likeness (QED) is 0.731. The Bertz CT molecular complexity index is 187. The summed E-state index contributed by atoms with van der Waals surface area (Å²) in [7, 11) is 0. The summed E-state index contributed by atoms with van der Waals surface area (Å²) in [6.07, 6.45) is 7.52. The molecule has 1 atom stereocenters. The molecule has 1 aliphatic rings. The molecular formula is C14H29NO. The predicted molar refractivity (Wildman–Crippen MR) is 69.5 cm³/mol. The van der Waals surface area contributed by atoms with Crippen molar-refractivity contribution in [1.29, 1.82) is 0 Å². The van der Waals surface area contributed by atoms with Crippen molar-refractivity contribution >= 4 is 0 Å². The molecule has 1 aliphatic carbocycles. The van der Waals surface area contributed by atoms with Crippen LogP contribution in [0.1, 0.15) is 59.3 Å². The normalized spacial score (nSPS) is 30.0. The molecule has 96 valence electrons. The van der Waals surface area contributed by atoms with Crippen molar-refractivity contribution in [2.45, 2.75) is 64.8 Å². The number of nitrogens with one attached hydrogen (secondary N) is 1. The lowest BCUT2D eigenvalue weighted by Gasteiger charge is -2.33. The molecule has 0 amide bonds. The minimum Gasteiger partial charge on any atom is -0.396 e. The summed E-state index contributed by atoms with van der Waals surface area (Å²) in [5, 5.41) is 12.7. The second-order valence-electron chi connectivity index (χ2n) is 5.89. The van der Waals surface area contributed by atoms with Gasteiger partial charge in [-0.1, -0.05) is 26.7 Å². The molecule has 0 heterocycles. The van der Waals surface area contributed by atoms with Crippen LogP contribution in [0.15, 0.2) is 0 Å². The van der Waals surface area contributed by atoms with Crippen molar-refractivity contribution in [2.75, 3.05) is 13.2 Å². The maximum absolute atomic E-state index is 9.06. The topological polar surface area (TPSA) is 32.3 Å². The summed E-state index contributed by atoms with van der Waals surface area (Å²) in [5.74, 6) is 1.80. The van der Waals surface area contributed by atoms with E-state index in [0.29, 0.717) is 6.61 Å². The van der Waals surface area contributed by atoms with E-state index in [0.717, 1.165) is 31.2 Å². The van der Waals surface area contributed by atoms with Crippen LogP contribution in [-0.2, 0) is 0 Å². The van der Waals surface area contributed by atoms with Gasteiger partial charge in [0.05, 0.1) is 0 Å². The van der Waals surface area contributed by atoms with Crippen molar-refractivity contribution in [3.05, 3.63) is 0 Å². The molecule has 1 saturated carbocycles. The van der Waals surface area contributed by atoms with Crippen LogP contribution in [-0.4, -0.2) is 23.8 Å². The van der Waals surface area contributed by atoms with Crippen LogP contribution in [0.4, 0.5) is 0 Å². The minimum atomic E-state index is 0.137. The highest BCUT2D eigenvalue weighted by atomic mass is 16.3.